The maximum Gasteiger partial charge on any atom is 0.488 e. The van der Waals surface area contributed by atoms with E-state index in [-0.39, 0.29) is 22.7 Å². The van der Waals surface area contributed by atoms with Gasteiger partial charge in [0, 0.05) is 25.2 Å². The minimum atomic E-state index is -5.15. The van der Waals surface area contributed by atoms with E-state index < -0.39 is 28.7 Å². The lowest BCUT2D eigenvalue weighted by molar-refractivity contribution is 0.122. The smallest absolute Gasteiger partial charge is 0.488 e. The summed E-state index contributed by atoms with van der Waals surface area (Å²) in [5.74, 6) is -1.35. The predicted molar refractivity (Wildman–Crippen MR) is 106 cm³/mol. The zero-order chi connectivity index (χ0) is 22.7. The van der Waals surface area contributed by atoms with Crippen molar-refractivity contribution >= 4 is 16.5 Å². The summed E-state index contributed by atoms with van der Waals surface area (Å²) in [7, 11) is -5.15. The topological polar surface area (TPSA) is 95.8 Å². The number of nitrogens with zero attached hydrogens (tertiary/aromatic N) is 4. The molecule has 2 aromatic carbocycles. The van der Waals surface area contributed by atoms with E-state index >= 15 is 0 Å². The number of morpholine rings is 1. The first-order chi connectivity index (χ1) is 15.3. The molecule has 4 rings (SSSR count). The molecule has 0 unspecified atom stereocenters. The molecule has 0 amide bonds. The van der Waals surface area contributed by atoms with Gasteiger partial charge in [0.25, 0.3) is 0 Å². The Labute approximate surface area is 181 Å². The molecule has 1 aliphatic heterocycles. The first-order valence-electron chi connectivity index (χ1n) is 9.38. The van der Waals surface area contributed by atoms with Gasteiger partial charge in [-0.2, -0.15) is 13.4 Å². The third-order valence-corrected chi connectivity index (χ3v) is 4.96. The second-order valence-electron chi connectivity index (χ2n) is 6.71. The number of ether oxygens (including phenoxy) is 2. The highest BCUT2D eigenvalue weighted by Gasteiger charge is 2.18. The van der Waals surface area contributed by atoms with Gasteiger partial charge in [-0.1, -0.05) is 3.89 Å². The number of aromatic nitrogens is 3. The molecule has 0 radical (unpaired) electrons. The van der Waals surface area contributed by atoms with Crippen LogP contribution in [0.15, 0.2) is 42.7 Å². The van der Waals surface area contributed by atoms with Gasteiger partial charge in [0.05, 0.1) is 24.5 Å². The van der Waals surface area contributed by atoms with Crippen LogP contribution >= 0.6 is 0 Å². The van der Waals surface area contributed by atoms with Gasteiger partial charge in [-0.3, -0.25) is 0 Å². The van der Waals surface area contributed by atoms with Crippen molar-refractivity contribution in [3.63, 3.8) is 0 Å². The van der Waals surface area contributed by atoms with E-state index in [0.29, 0.717) is 32.3 Å². The van der Waals surface area contributed by atoms with Crippen molar-refractivity contribution in [1.29, 1.82) is 0 Å². The largest absolute Gasteiger partial charge is 0.489 e. The molecule has 0 atom stereocenters. The third kappa shape index (κ3) is 5.29. The van der Waals surface area contributed by atoms with Gasteiger partial charge < -0.3 is 18.6 Å². The van der Waals surface area contributed by atoms with Crippen LogP contribution in [0.5, 0.6) is 11.5 Å². The molecule has 0 N–H and O–H groups in total. The maximum atomic E-state index is 14.6. The first-order valence-corrected chi connectivity index (χ1v) is 10.7. The Kier molecular flexibility index (Phi) is 6.19. The summed E-state index contributed by atoms with van der Waals surface area (Å²) in [6.45, 7) is 1.92. The minimum absolute atomic E-state index is 0.157. The van der Waals surface area contributed by atoms with E-state index in [1.54, 1.807) is 0 Å². The highest BCUT2D eigenvalue weighted by molar-refractivity contribution is 7.81. The quantitative estimate of drug-likeness (QED) is 0.487. The molecule has 2 heterocycles. The van der Waals surface area contributed by atoms with Crippen molar-refractivity contribution in [1.82, 2.24) is 14.8 Å². The van der Waals surface area contributed by atoms with Gasteiger partial charge in [-0.05, 0) is 24.3 Å². The fourth-order valence-electron chi connectivity index (χ4n) is 3.01. The summed E-state index contributed by atoms with van der Waals surface area (Å²) < 4.78 is 78.5. The average Bonchev–Trinajstić information content (AvgIpc) is 3.24. The van der Waals surface area contributed by atoms with Gasteiger partial charge in [0.2, 0.25) is 5.95 Å². The van der Waals surface area contributed by atoms with Crippen LogP contribution in [0.4, 0.5) is 18.6 Å². The molecule has 9 nitrogen and oxygen atoms in total. The maximum absolute atomic E-state index is 14.6. The van der Waals surface area contributed by atoms with E-state index in [4.69, 9.17) is 9.47 Å². The molecular weight excluding hydrogens is 453 g/mol. The lowest BCUT2D eigenvalue weighted by Gasteiger charge is -2.25. The number of rotatable bonds is 7. The fraction of sp³-hybridized carbons (Fsp3) is 0.263. The molecular formula is C19H17F3N4O5S. The van der Waals surface area contributed by atoms with Crippen molar-refractivity contribution in [3.8, 4) is 17.2 Å². The second-order valence-corrected chi connectivity index (χ2v) is 7.67. The molecule has 3 aromatic rings. The molecule has 170 valence electrons. The summed E-state index contributed by atoms with van der Waals surface area (Å²) in [5, 5.41) is 4.27. The van der Waals surface area contributed by atoms with Gasteiger partial charge in [-0.25, -0.2) is 13.5 Å². The lowest BCUT2D eigenvalue weighted by atomic mass is 10.2. The van der Waals surface area contributed by atoms with E-state index in [1.807, 2.05) is 4.90 Å². The van der Waals surface area contributed by atoms with Gasteiger partial charge >= 0.3 is 10.5 Å². The van der Waals surface area contributed by atoms with E-state index in [0.717, 1.165) is 24.3 Å². The molecule has 0 aliphatic carbocycles. The second kappa shape index (κ2) is 9.04. The van der Waals surface area contributed by atoms with Crippen LogP contribution in [0.2, 0.25) is 0 Å². The highest BCUT2D eigenvalue weighted by atomic mass is 32.3. The Morgan fingerprint density at radius 2 is 1.66 bits per heavy atom. The monoisotopic (exact) mass is 470 g/mol. The van der Waals surface area contributed by atoms with Crippen molar-refractivity contribution in [3.05, 3.63) is 59.9 Å². The first kappa shape index (κ1) is 21.9. The van der Waals surface area contributed by atoms with Crippen LogP contribution in [0.3, 0.4) is 0 Å². The third-order valence-electron chi connectivity index (χ3n) is 4.57. The van der Waals surface area contributed by atoms with E-state index in [9.17, 15) is 21.1 Å². The number of halogens is 3. The van der Waals surface area contributed by atoms with Crippen LogP contribution < -0.4 is 13.8 Å². The Balaban J connectivity index is 1.44. The molecule has 32 heavy (non-hydrogen) atoms. The molecule has 1 saturated heterocycles. The summed E-state index contributed by atoms with van der Waals surface area (Å²) in [4.78, 5) is 6.10. The summed E-state index contributed by atoms with van der Waals surface area (Å²) in [5.41, 5.74) is -0.154. The van der Waals surface area contributed by atoms with Gasteiger partial charge in [0.15, 0.2) is 0 Å². The lowest BCUT2D eigenvalue weighted by Crippen LogP contribution is -2.37. The van der Waals surface area contributed by atoms with Gasteiger partial charge in [0.1, 0.15) is 36.1 Å². The Hall–Kier alpha value is -3.32. The molecule has 13 heteroatoms. The van der Waals surface area contributed by atoms with Crippen LogP contribution in [0, 0.1) is 11.6 Å². The van der Waals surface area contributed by atoms with Crippen molar-refractivity contribution in [2.75, 3.05) is 31.2 Å². The molecule has 1 aliphatic rings. The van der Waals surface area contributed by atoms with Crippen LogP contribution in [0.1, 0.15) is 5.56 Å². The average molecular weight is 470 g/mol. The van der Waals surface area contributed by atoms with Crippen LogP contribution in [-0.4, -0.2) is 49.5 Å². The molecule has 0 spiro atoms. The van der Waals surface area contributed by atoms with E-state index in [2.05, 4.69) is 14.3 Å². The highest BCUT2D eigenvalue weighted by Crippen LogP contribution is 2.23. The zero-order valence-corrected chi connectivity index (χ0v) is 17.3. The summed E-state index contributed by atoms with van der Waals surface area (Å²) in [6, 6.07) is 7.05. The van der Waals surface area contributed by atoms with Crippen molar-refractivity contribution < 1.29 is 34.7 Å². The van der Waals surface area contributed by atoms with Crippen molar-refractivity contribution in [2.24, 2.45) is 0 Å². The standard InChI is InChI=1S/C19H17F3N4O5S/c20-17-9-13(26-12-23-19(24-26)25-5-7-29-8-6-25)10-18(21)16(17)11-30-14-1-3-15(4-2-14)31-32(22,27)28/h1-4,9-10,12H,5-8,11H2. The van der Waals surface area contributed by atoms with Crippen molar-refractivity contribution in [2.45, 2.75) is 6.61 Å². The molecule has 1 aromatic heterocycles. The number of hydrogen-bond donors (Lipinski definition) is 0. The summed E-state index contributed by atoms with van der Waals surface area (Å²) in [6.07, 6.45) is 1.37. The Morgan fingerprint density at radius 3 is 2.28 bits per heavy atom. The van der Waals surface area contributed by atoms with Crippen LogP contribution in [0.25, 0.3) is 5.69 Å². The van der Waals surface area contributed by atoms with Crippen LogP contribution in [-0.2, 0) is 21.8 Å². The molecule has 0 saturated carbocycles. The minimum Gasteiger partial charge on any atom is -0.489 e. The van der Waals surface area contributed by atoms with E-state index in [1.165, 1.54) is 23.1 Å². The normalized spacial score (nSPS) is 14.4. The Bertz CT molecular complexity index is 1170. The molecule has 1 fully saturated rings. The molecule has 0 bridgehead atoms. The SMILES string of the molecule is O=S(=O)(F)Oc1ccc(OCc2c(F)cc(-n3cnc(N4CCOCC4)n3)cc2F)cc1. The fourth-order valence-corrected chi connectivity index (χ4v) is 3.35. The summed E-state index contributed by atoms with van der Waals surface area (Å²) >= 11 is 0. The zero-order valence-electron chi connectivity index (χ0n) is 16.4. The number of benzene rings is 2. The van der Waals surface area contributed by atoms with Gasteiger partial charge in [-0.15, -0.1) is 5.10 Å². The Morgan fingerprint density at radius 1 is 1.03 bits per heavy atom. The number of anilines is 1. The predicted octanol–water partition coefficient (Wildman–Crippen LogP) is 2.55. The number of hydrogen-bond acceptors (Lipinski definition) is 8.